The Balaban J connectivity index is 0. The first-order chi connectivity index (χ1) is 5.75. The molecule has 10 heteroatoms. The number of nitrogens with two attached hydrogens (primary N) is 2. The Morgan fingerprint density at radius 2 is 1.33 bits per heavy atom. The summed E-state index contributed by atoms with van der Waals surface area (Å²) in [7, 11) is 0. The van der Waals surface area contributed by atoms with Gasteiger partial charge in [0.05, 0.1) is 0 Å². The van der Waals surface area contributed by atoms with Gasteiger partial charge in [0.25, 0.3) is 0 Å². The van der Waals surface area contributed by atoms with E-state index >= 15 is 0 Å². The van der Waals surface area contributed by atoms with Gasteiger partial charge in [-0.1, -0.05) is 23.2 Å². The van der Waals surface area contributed by atoms with Crippen molar-refractivity contribution < 1.29 is 44.4 Å². The molecular formula is C5H9Cl2F3N2O2Pt. The van der Waals surface area contributed by atoms with Crippen molar-refractivity contribution >= 4 is 23.2 Å². The van der Waals surface area contributed by atoms with Crippen LogP contribution in [0.5, 0.6) is 0 Å². The first-order valence-corrected chi connectivity index (χ1v) is 3.98. The third kappa shape index (κ3) is 3.18. The number of hydrogen-bond acceptors (Lipinski definition) is 4. The molecule has 0 aliphatic rings. The normalized spacial score (nSPS) is 18.0. The molecule has 96 valence electrons. The molecule has 4 nitrogen and oxygen atoms in total. The van der Waals surface area contributed by atoms with Crippen LogP contribution in [-0.2, 0) is 21.1 Å². The van der Waals surface area contributed by atoms with Crippen LogP contribution < -0.4 is 11.5 Å². The van der Waals surface area contributed by atoms with Crippen LogP contribution in [0.3, 0.4) is 0 Å². The molecule has 0 heterocycles. The quantitative estimate of drug-likeness (QED) is 0.275. The average molecular weight is 452 g/mol. The molecule has 0 aromatic carbocycles. The van der Waals surface area contributed by atoms with Gasteiger partial charge in [0.2, 0.25) is 5.91 Å². The average Bonchev–Trinajstić information content (AvgIpc) is 1.77. The maximum atomic E-state index is 12.4. The van der Waals surface area contributed by atoms with Crippen LogP contribution in [0.1, 0.15) is 6.92 Å². The molecule has 0 saturated heterocycles. The van der Waals surface area contributed by atoms with Gasteiger partial charge in [-0.3, -0.25) is 11.5 Å². The summed E-state index contributed by atoms with van der Waals surface area (Å²) in [6.45, 7) is 0.299. The van der Waals surface area contributed by atoms with E-state index in [2.05, 4.69) is 5.73 Å². The SMILES string of the molecule is CC(C(N)(O)O)(C(F)(F)F)C(N)(Cl)Cl.[Pt]. The third-order valence-corrected chi connectivity index (χ3v) is 2.73. The van der Waals surface area contributed by atoms with Crippen molar-refractivity contribution in [2.24, 2.45) is 16.9 Å². The van der Waals surface area contributed by atoms with E-state index < -0.39 is 22.0 Å². The van der Waals surface area contributed by atoms with Crippen LogP contribution in [0.2, 0.25) is 0 Å². The molecule has 6 N–H and O–H groups in total. The standard InChI is InChI=1S/C5H9Cl2F3N2O2.Pt/c1-2(3(6,7)11,4(8,9)10)5(12,13)14;/h13-14H,11-12H2,1H3;. The smallest absolute Gasteiger partial charge is 0.353 e. The topological polar surface area (TPSA) is 92.5 Å². The van der Waals surface area contributed by atoms with Crippen molar-refractivity contribution in [3.8, 4) is 0 Å². The van der Waals surface area contributed by atoms with E-state index in [-0.39, 0.29) is 21.1 Å². The van der Waals surface area contributed by atoms with Crippen molar-refractivity contribution in [3.63, 3.8) is 0 Å². The fourth-order valence-electron chi connectivity index (χ4n) is 0.643. The summed E-state index contributed by atoms with van der Waals surface area (Å²) in [5.41, 5.74) is 5.84. The largest absolute Gasteiger partial charge is 0.405 e. The molecule has 0 aromatic rings. The van der Waals surface area contributed by atoms with Gasteiger partial charge in [-0.05, 0) is 6.92 Å². The molecule has 0 radical (unpaired) electrons. The minimum Gasteiger partial charge on any atom is -0.353 e. The van der Waals surface area contributed by atoms with Crippen molar-refractivity contribution in [2.45, 2.75) is 23.5 Å². The summed E-state index contributed by atoms with van der Waals surface area (Å²) in [4.78, 5) is 0. The Bertz CT molecular complexity index is 190. The number of hydrogen-bond donors (Lipinski definition) is 4. The van der Waals surface area contributed by atoms with E-state index in [9.17, 15) is 13.2 Å². The first-order valence-electron chi connectivity index (χ1n) is 3.22. The van der Waals surface area contributed by atoms with Gasteiger partial charge in [-0.25, -0.2) is 0 Å². The molecule has 0 spiro atoms. The molecule has 15 heavy (non-hydrogen) atoms. The second-order valence-corrected chi connectivity index (χ2v) is 4.36. The Morgan fingerprint density at radius 3 is 1.33 bits per heavy atom. The second kappa shape index (κ2) is 4.64. The Labute approximate surface area is 108 Å². The molecule has 1 atom stereocenters. The van der Waals surface area contributed by atoms with E-state index in [0.29, 0.717) is 6.92 Å². The summed E-state index contributed by atoms with van der Waals surface area (Å²) < 4.78 is 34.4. The van der Waals surface area contributed by atoms with Gasteiger partial charge in [-0.15, -0.1) is 0 Å². The van der Waals surface area contributed by atoms with Gasteiger partial charge in [0.1, 0.15) is 0 Å². The first kappa shape index (κ1) is 18.3. The maximum absolute atomic E-state index is 12.4. The fourth-order valence-corrected chi connectivity index (χ4v) is 1.14. The van der Waals surface area contributed by atoms with Gasteiger partial charge < -0.3 is 10.2 Å². The summed E-state index contributed by atoms with van der Waals surface area (Å²) in [5.74, 6) is -3.69. The fraction of sp³-hybridized carbons (Fsp3) is 1.00. The molecule has 1 unspecified atom stereocenters. The molecular weight excluding hydrogens is 443 g/mol. The van der Waals surface area contributed by atoms with Crippen molar-refractivity contribution in [3.05, 3.63) is 0 Å². The summed E-state index contributed by atoms with van der Waals surface area (Å²) in [6, 6.07) is 0. The minimum absolute atomic E-state index is 0. The molecule has 0 fully saturated rings. The predicted octanol–water partition coefficient (Wildman–Crippen LogP) is 0.240. The van der Waals surface area contributed by atoms with E-state index in [1.54, 1.807) is 0 Å². The number of halogens is 5. The molecule has 0 amide bonds. The molecule has 0 aromatic heterocycles. The minimum atomic E-state index is -5.19. The molecule has 0 saturated carbocycles. The van der Waals surface area contributed by atoms with Crippen molar-refractivity contribution in [1.82, 2.24) is 0 Å². The van der Waals surface area contributed by atoms with E-state index in [0.717, 1.165) is 0 Å². The molecule has 0 aliphatic carbocycles. The van der Waals surface area contributed by atoms with Gasteiger partial charge in [-0.2, -0.15) is 13.2 Å². The van der Waals surface area contributed by atoms with Crippen LogP contribution in [0, 0.1) is 5.41 Å². The van der Waals surface area contributed by atoms with Gasteiger partial charge >= 0.3 is 6.18 Å². The van der Waals surface area contributed by atoms with Crippen LogP contribution in [0.25, 0.3) is 0 Å². The monoisotopic (exact) mass is 451 g/mol. The Kier molecular flexibility index (Phi) is 5.65. The van der Waals surface area contributed by atoms with E-state index in [4.69, 9.17) is 39.1 Å². The number of rotatable bonds is 2. The van der Waals surface area contributed by atoms with Crippen LogP contribution in [0.15, 0.2) is 0 Å². The predicted molar refractivity (Wildman–Crippen MR) is 44.1 cm³/mol. The Hall–Kier alpha value is 0.898. The second-order valence-electron chi connectivity index (χ2n) is 2.97. The van der Waals surface area contributed by atoms with Crippen LogP contribution in [0.4, 0.5) is 13.2 Å². The zero-order chi connectivity index (χ0) is 12.0. The zero-order valence-electron chi connectivity index (χ0n) is 7.26. The van der Waals surface area contributed by atoms with Crippen molar-refractivity contribution in [1.29, 1.82) is 0 Å². The van der Waals surface area contributed by atoms with E-state index in [1.165, 1.54) is 0 Å². The van der Waals surface area contributed by atoms with Gasteiger partial charge in [0, 0.05) is 21.1 Å². The van der Waals surface area contributed by atoms with Crippen molar-refractivity contribution in [2.75, 3.05) is 0 Å². The number of alkyl halides is 5. The summed E-state index contributed by atoms with van der Waals surface area (Å²) in [5, 5.41) is 17.5. The molecule has 0 bridgehead atoms. The summed E-state index contributed by atoms with van der Waals surface area (Å²) in [6.07, 6.45) is -5.19. The van der Waals surface area contributed by atoms with E-state index in [1.807, 2.05) is 0 Å². The number of aliphatic hydroxyl groups is 2. The van der Waals surface area contributed by atoms with Crippen LogP contribution in [-0.4, -0.2) is 26.8 Å². The molecule has 0 rings (SSSR count). The summed E-state index contributed by atoms with van der Waals surface area (Å²) >= 11 is 10.1. The molecule has 0 aliphatic heterocycles. The third-order valence-electron chi connectivity index (χ3n) is 1.97. The Morgan fingerprint density at radius 1 is 1.07 bits per heavy atom. The zero-order valence-corrected chi connectivity index (χ0v) is 11.0. The van der Waals surface area contributed by atoms with Gasteiger partial charge in [0.15, 0.2) is 9.87 Å². The maximum Gasteiger partial charge on any atom is 0.405 e. The van der Waals surface area contributed by atoms with Crippen LogP contribution >= 0.6 is 23.2 Å².